The van der Waals surface area contributed by atoms with Crippen molar-refractivity contribution in [2.45, 2.75) is 25.9 Å². The standard InChI is InChI=1S/C19H18F3N5O2/c1-12(2)14-10-16(27(26-14)18-23-8-5-9-24-18)25-17(28)11-29-15-7-4-3-6-13(15)19(20,21)22/h3-10,12H,11H2,1-2H3,(H,25,28). The van der Waals surface area contributed by atoms with Gasteiger partial charge in [0.2, 0.25) is 0 Å². The highest BCUT2D eigenvalue weighted by Gasteiger charge is 2.34. The number of hydrogen-bond acceptors (Lipinski definition) is 5. The Bertz CT molecular complexity index is 987. The van der Waals surface area contributed by atoms with Crippen molar-refractivity contribution in [2.75, 3.05) is 11.9 Å². The Morgan fingerprint density at radius 3 is 2.52 bits per heavy atom. The first kappa shape index (κ1) is 20.3. The molecule has 29 heavy (non-hydrogen) atoms. The number of carbonyl (C=O) groups is 1. The Balaban J connectivity index is 1.77. The van der Waals surface area contributed by atoms with E-state index in [4.69, 9.17) is 4.74 Å². The van der Waals surface area contributed by atoms with E-state index in [1.165, 1.54) is 29.2 Å². The molecule has 1 aromatic carbocycles. The topological polar surface area (TPSA) is 81.9 Å². The van der Waals surface area contributed by atoms with Crippen LogP contribution in [0.25, 0.3) is 5.95 Å². The van der Waals surface area contributed by atoms with Gasteiger partial charge in [0.1, 0.15) is 11.6 Å². The summed E-state index contributed by atoms with van der Waals surface area (Å²) in [6, 6.07) is 8.00. The molecule has 0 aliphatic heterocycles. The molecule has 10 heteroatoms. The number of anilines is 1. The number of para-hydroxylation sites is 1. The van der Waals surface area contributed by atoms with Gasteiger partial charge in [0.25, 0.3) is 11.9 Å². The summed E-state index contributed by atoms with van der Waals surface area (Å²) in [6.07, 6.45) is -1.52. The van der Waals surface area contributed by atoms with Crippen molar-refractivity contribution >= 4 is 11.7 Å². The van der Waals surface area contributed by atoms with Crippen molar-refractivity contribution in [1.29, 1.82) is 0 Å². The van der Waals surface area contributed by atoms with Gasteiger partial charge in [-0.2, -0.15) is 23.0 Å². The summed E-state index contributed by atoms with van der Waals surface area (Å²) >= 11 is 0. The predicted octanol–water partition coefficient (Wildman–Crippen LogP) is 3.82. The van der Waals surface area contributed by atoms with Crippen LogP contribution in [0.4, 0.5) is 19.0 Å². The van der Waals surface area contributed by atoms with Crippen LogP contribution in [0.3, 0.4) is 0 Å². The lowest BCUT2D eigenvalue weighted by molar-refractivity contribution is -0.139. The van der Waals surface area contributed by atoms with Crippen LogP contribution in [-0.2, 0) is 11.0 Å². The van der Waals surface area contributed by atoms with E-state index in [0.29, 0.717) is 5.69 Å². The average Bonchev–Trinajstić information content (AvgIpc) is 3.10. The van der Waals surface area contributed by atoms with Crippen LogP contribution >= 0.6 is 0 Å². The molecule has 0 unspecified atom stereocenters. The second-order valence-electron chi connectivity index (χ2n) is 6.40. The minimum Gasteiger partial charge on any atom is -0.483 e. The minimum absolute atomic E-state index is 0.0746. The number of carbonyl (C=O) groups excluding carboxylic acids is 1. The molecule has 0 spiro atoms. The molecular weight excluding hydrogens is 387 g/mol. The van der Waals surface area contributed by atoms with Crippen LogP contribution in [0.5, 0.6) is 5.75 Å². The second-order valence-corrected chi connectivity index (χ2v) is 6.40. The van der Waals surface area contributed by atoms with Crippen LogP contribution in [0.1, 0.15) is 31.0 Å². The summed E-state index contributed by atoms with van der Waals surface area (Å²) < 4.78 is 45.6. The van der Waals surface area contributed by atoms with Crippen LogP contribution in [-0.4, -0.2) is 32.3 Å². The normalized spacial score (nSPS) is 11.5. The third-order valence-corrected chi connectivity index (χ3v) is 3.88. The summed E-state index contributed by atoms with van der Waals surface area (Å²) in [6.45, 7) is 3.26. The number of ether oxygens (including phenoxy) is 1. The molecule has 0 bridgehead atoms. The van der Waals surface area contributed by atoms with Crippen molar-refractivity contribution in [1.82, 2.24) is 19.7 Å². The Labute approximate surface area is 164 Å². The maximum Gasteiger partial charge on any atom is 0.419 e. The van der Waals surface area contributed by atoms with Crippen LogP contribution in [0.2, 0.25) is 0 Å². The summed E-state index contributed by atoms with van der Waals surface area (Å²) in [5, 5.41) is 6.97. The first-order valence-electron chi connectivity index (χ1n) is 8.72. The molecule has 2 heterocycles. The fourth-order valence-electron chi connectivity index (χ4n) is 2.47. The molecule has 3 rings (SSSR count). The van der Waals surface area contributed by atoms with Crippen LogP contribution in [0.15, 0.2) is 48.8 Å². The monoisotopic (exact) mass is 405 g/mol. The molecule has 7 nitrogen and oxygen atoms in total. The summed E-state index contributed by atoms with van der Waals surface area (Å²) in [5.74, 6) is -0.451. The lowest BCUT2D eigenvalue weighted by Crippen LogP contribution is -2.23. The van der Waals surface area contributed by atoms with Gasteiger partial charge >= 0.3 is 6.18 Å². The molecular formula is C19H18F3N5O2. The van der Waals surface area contributed by atoms with E-state index >= 15 is 0 Å². The smallest absolute Gasteiger partial charge is 0.419 e. The van der Waals surface area contributed by atoms with Crippen molar-refractivity contribution in [3.05, 3.63) is 60.0 Å². The third-order valence-electron chi connectivity index (χ3n) is 3.88. The van der Waals surface area contributed by atoms with E-state index < -0.39 is 30.0 Å². The zero-order valence-corrected chi connectivity index (χ0v) is 15.6. The van der Waals surface area contributed by atoms with Gasteiger partial charge in [0, 0.05) is 18.5 Å². The highest BCUT2D eigenvalue weighted by molar-refractivity contribution is 5.91. The number of rotatable bonds is 6. The number of halogens is 3. The molecule has 152 valence electrons. The predicted molar refractivity (Wildman–Crippen MR) is 98.8 cm³/mol. The first-order valence-corrected chi connectivity index (χ1v) is 8.72. The van der Waals surface area contributed by atoms with Gasteiger partial charge in [-0.15, -0.1) is 0 Å². The van der Waals surface area contributed by atoms with E-state index in [1.807, 2.05) is 13.8 Å². The molecule has 0 saturated carbocycles. The Morgan fingerprint density at radius 2 is 1.86 bits per heavy atom. The molecule has 0 atom stereocenters. The van der Waals surface area contributed by atoms with Crippen LogP contribution < -0.4 is 10.1 Å². The van der Waals surface area contributed by atoms with Gasteiger partial charge in [-0.3, -0.25) is 4.79 Å². The zero-order chi connectivity index (χ0) is 21.0. The number of hydrogen-bond donors (Lipinski definition) is 1. The van der Waals surface area contributed by atoms with Gasteiger partial charge in [-0.1, -0.05) is 26.0 Å². The molecule has 0 fully saturated rings. The molecule has 3 aromatic rings. The van der Waals surface area contributed by atoms with Crippen molar-refractivity contribution in [3.8, 4) is 11.7 Å². The lowest BCUT2D eigenvalue weighted by atomic mass is 10.1. The molecule has 0 radical (unpaired) electrons. The molecule has 1 amide bonds. The highest BCUT2D eigenvalue weighted by Crippen LogP contribution is 2.35. The number of nitrogens with one attached hydrogen (secondary N) is 1. The zero-order valence-electron chi connectivity index (χ0n) is 15.6. The minimum atomic E-state index is -4.58. The van der Waals surface area contributed by atoms with Crippen molar-refractivity contribution in [3.63, 3.8) is 0 Å². The summed E-state index contributed by atoms with van der Waals surface area (Å²) in [5.41, 5.74) is -0.256. The van der Waals surface area contributed by atoms with Gasteiger partial charge < -0.3 is 10.1 Å². The van der Waals surface area contributed by atoms with E-state index in [-0.39, 0.29) is 17.7 Å². The number of nitrogens with zero attached hydrogens (tertiary/aromatic N) is 4. The number of aromatic nitrogens is 4. The SMILES string of the molecule is CC(C)c1cc(NC(=O)COc2ccccc2C(F)(F)F)n(-c2ncccn2)n1. The van der Waals surface area contributed by atoms with Gasteiger partial charge in [-0.05, 0) is 24.1 Å². The highest BCUT2D eigenvalue weighted by atomic mass is 19.4. The Morgan fingerprint density at radius 1 is 1.17 bits per heavy atom. The fraction of sp³-hybridized carbons (Fsp3) is 0.263. The van der Waals surface area contributed by atoms with Gasteiger partial charge in [-0.25, -0.2) is 9.97 Å². The fourth-order valence-corrected chi connectivity index (χ4v) is 2.47. The van der Waals surface area contributed by atoms with E-state index in [1.54, 1.807) is 12.1 Å². The molecule has 1 N–H and O–H groups in total. The Hall–Kier alpha value is -3.43. The van der Waals surface area contributed by atoms with Crippen LogP contribution in [0, 0.1) is 0 Å². The van der Waals surface area contributed by atoms with Gasteiger partial charge in [0.05, 0.1) is 11.3 Å². The molecule has 0 aliphatic rings. The average molecular weight is 405 g/mol. The first-order chi connectivity index (χ1) is 13.8. The second kappa shape index (κ2) is 8.29. The van der Waals surface area contributed by atoms with Crippen molar-refractivity contribution < 1.29 is 22.7 Å². The summed E-state index contributed by atoms with van der Waals surface area (Å²) in [4.78, 5) is 20.5. The Kier molecular flexibility index (Phi) is 5.81. The van der Waals surface area contributed by atoms with E-state index in [0.717, 1.165) is 12.1 Å². The quantitative estimate of drug-likeness (QED) is 0.674. The molecule has 0 saturated heterocycles. The lowest BCUT2D eigenvalue weighted by Gasteiger charge is -2.13. The van der Waals surface area contributed by atoms with Crippen molar-refractivity contribution in [2.24, 2.45) is 0 Å². The third kappa shape index (κ3) is 4.89. The maximum atomic E-state index is 13.0. The van der Waals surface area contributed by atoms with E-state index in [9.17, 15) is 18.0 Å². The van der Waals surface area contributed by atoms with E-state index in [2.05, 4.69) is 20.4 Å². The molecule has 2 aromatic heterocycles. The summed E-state index contributed by atoms with van der Waals surface area (Å²) in [7, 11) is 0. The number of benzene rings is 1. The maximum absolute atomic E-state index is 13.0. The number of amides is 1. The number of alkyl halides is 3. The van der Waals surface area contributed by atoms with Gasteiger partial charge in [0.15, 0.2) is 6.61 Å². The largest absolute Gasteiger partial charge is 0.483 e. The molecule has 0 aliphatic carbocycles.